The maximum atomic E-state index is 14.3. The summed E-state index contributed by atoms with van der Waals surface area (Å²) in [4.78, 5) is 123. The van der Waals surface area contributed by atoms with Gasteiger partial charge in [0, 0.05) is 42.9 Å². The molecule has 7 amide bonds. The minimum atomic E-state index is -1.36. The summed E-state index contributed by atoms with van der Waals surface area (Å²) in [5.41, 5.74) is 39.4. The van der Waals surface area contributed by atoms with E-state index in [2.05, 4.69) is 82.4 Å². The molecule has 0 aromatic carbocycles. The number of nitrogens with two attached hydrogens (primary N) is 7. The van der Waals surface area contributed by atoms with Crippen LogP contribution in [-0.4, -0.2) is 160 Å². The van der Waals surface area contributed by atoms with E-state index < -0.39 is 95.7 Å². The Balaban J connectivity index is 3.45. The number of imidazole rings is 1. The number of carboxylic acids is 1. The molecule has 0 bridgehead atoms. The van der Waals surface area contributed by atoms with Gasteiger partial charge in [-0.2, -0.15) is 25.3 Å². The van der Waals surface area contributed by atoms with Crippen LogP contribution in [-0.2, 0) is 44.8 Å². The molecule has 0 unspecified atom stereocenters. The van der Waals surface area contributed by atoms with Crippen LogP contribution in [0.5, 0.6) is 0 Å². The summed E-state index contributed by atoms with van der Waals surface area (Å²) in [7, 11) is 0. The second-order valence-corrected chi connectivity index (χ2v) is 17.8. The van der Waals surface area contributed by atoms with Gasteiger partial charge in [0.25, 0.3) is 0 Å². The van der Waals surface area contributed by atoms with E-state index in [0.29, 0.717) is 44.3 Å². The molecule has 1 aromatic heterocycles. The predicted octanol–water partition coefficient (Wildman–Crippen LogP) is -4.97. The van der Waals surface area contributed by atoms with Crippen molar-refractivity contribution in [3.05, 3.63) is 18.2 Å². The number of aromatic nitrogens is 2. The van der Waals surface area contributed by atoms with E-state index in [4.69, 9.17) is 40.1 Å². The lowest BCUT2D eigenvalue weighted by atomic mass is 10.0. The molecule has 71 heavy (non-hydrogen) atoms. The summed E-state index contributed by atoms with van der Waals surface area (Å²) in [6.07, 6.45) is 5.48. The first-order valence-electron chi connectivity index (χ1n) is 23.5. The van der Waals surface area contributed by atoms with Crippen LogP contribution < -0.4 is 77.4 Å². The van der Waals surface area contributed by atoms with Gasteiger partial charge in [-0.05, 0) is 83.2 Å². The topological polar surface area (TPSA) is 477 Å². The molecule has 1 heterocycles. The van der Waals surface area contributed by atoms with Crippen molar-refractivity contribution in [2.24, 2.45) is 56.0 Å². The standard InChI is InChI=1S/C42H78N18O9S2/c1-23(2)17-29(57-39(67)31(20-70)59-33(61)25(45)9-3-5-13-43)36(64)58-30(18-24-19-50-22-53-24)37(65)55-26(10-4-6-14-44)34(62)54-27(11-7-15-51-41(46)47)35(63)60-32(21-71)38(66)56-28(40(68)69)12-8-16-52-42(48)49/h19,22-23,25-32,70-71H,3-18,20-21,43-45H2,1-2H3,(H,50,53)(H,54,62)(H,55,65)(H,56,66)(H,57,67)(H,58,64)(H,59,61)(H,60,63)(H,68,69)(H4,46,47,51)(H4,48,49,52)/t25-,26-,27-,28-,29-,30-,31-,32-/m0/s1. The number of carboxylic acid groups (broad SMARTS) is 1. The molecule has 0 aliphatic rings. The maximum absolute atomic E-state index is 14.3. The first kappa shape index (κ1) is 63.1. The van der Waals surface area contributed by atoms with Crippen LogP contribution in [0.1, 0.15) is 90.2 Å². The Morgan fingerprint density at radius 1 is 0.577 bits per heavy atom. The van der Waals surface area contributed by atoms with Crippen LogP contribution in [0.4, 0.5) is 0 Å². The Bertz CT molecular complexity index is 1890. The average molecular weight is 1040 g/mol. The number of thiol groups is 2. The van der Waals surface area contributed by atoms with Crippen molar-refractivity contribution in [2.75, 3.05) is 37.7 Å². The number of aromatic amines is 1. The summed E-state index contributed by atoms with van der Waals surface area (Å²) in [6.45, 7) is 4.49. The van der Waals surface area contributed by atoms with Crippen molar-refractivity contribution in [1.82, 2.24) is 47.2 Å². The van der Waals surface area contributed by atoms with Gasteiger partial charge in [0.2, 0.25) is 41.4 Å². The van der Waals surface area contributed by atoms with Gasteiger partial charge in [-0.3, -0.25) is 43.5 Å². The number of amides is 7. The zero-order chi connectivity index (χ0) is 53.5. The number of carbonyl (C=O) groups excluding carboxylic acids is 7. The van der Waals surface area contributed by atoms with Gasteiger partial charge in [0.05, 0.1) is 12.4 Å². The van der Waals surface area contributed by atoms with Crippen molar-refractivity contribution in [3.8, 4) is 0 Å². The van der Waals surface area contributed by atoms with Gasteiger partial charge in [-0.1, -0.05) is 20.3 Å². The highest BCUT2D eigenvalue weighted by Crippen LogP contribution is 2.11. The van der Waals surface area contributed by atoms with Crippen LogP contribution >= 0.6 is 25.3 Å². The molecule has 27 nitrogen and oxygen atoms in total. The number of carbonyl (C=O) groups is 8. The van der Waals surface area contributed by atoms with E-state index in [1.807, 2.05) is 13.8 Å². The quantitative estimate of drug-likeness (QED) is 0.0128. The van der Waals surface area contributed by atoms with Gasteiger partial charge < -0.3 is 87.4 Å². The highest BCUT2D eigenvalue weighted by atomic mass is 32.1. The Labute approximate surface area is 425 Å². The van der Waals surface area contributed by atoms with Gasteiger partial charge in [0.15, 0.2) is 11.9 Å². The Morgan fingerprint density at radius 2 is 0.972 bits per heavy atom. The van der Waals surface area contributed by atoms with Crippen molar-refractivity contribution in [1.29, 1.82) is 0 Å². The first-order valence-corrected chi connectivity index (χ1v) is 24.7. The summed E-state index contributed by atoms with van der Waals surface area (Å²) in [6, 6.07) is -10.0. The third-order valence-corrected chi connectivity index (χ3v) is 11.3. The number of H-pyrrole nitrogens is 1. The molecule has 0 saturated carbocycles. The lowest BCUT2D eigenvalue weighted by Gasteiger charge is -2.28. The lowest BCUT2D eigenvalue weighted by molar-refractivity contribution is -0.142. The second-order valence-electron chi connectivity index (χ2n) is 17.1. The first-order chi connectivity index (χ1) is 33.7. The zero-order valence-corrected chi connectivity index (χ0v) is 42.4. The molecule has 0 spiro atoms. The van der Waals surface area contributed by atoms with E-state index in [1.54, 1.807) is 0 Å². The fourth-order valence-corrected chi connectivity index (χ4v) is 7.28. The predicted molar refractivity (Wildman–Crippen MR) is 274 cm³/mol. The SMILES string of the molecule is CC(C)C[C@H](NC(=O)[C@H](CS)NC(=O)[C@@H](N)CCCCN)C(=O)N[C@@H](Cc1cnc[nH]1)C(=O)N[C@@H](CCCCN)C(=O)N[C@@H](CCCN=C(N)N)C(=O)N[C@@H](CS)C(=O)N[C@@H](CCCN=C(N)N)C(=O)O. The number of hydrogen-bond acceptors (Lipinski definition) is 16. The number of hydrogen-bond donors (Lipinski definition) is 18. The summed E-state index contributed by atoms with van der Waals surface area (Å²) in [5.74, 6) is -7.67. The number of nitrogens with zero attached hydrogens (tertiary/aromatic N) is 3. The van der Waals surface area contributed by atoms with Gasteiger partial charge in [-0.25, -0.2) is 9.78 Å². The molecule has 0 aliphatic heterocycles. The largest absolute Gasteiger partial charge is 0.480 e. The number of unbranched alkanes of at least 4 members (excludes halogenated alkanes) is 2. The molecule has 1 rings (SSSR count). The second kappa shape index (κ2) is 35.2. The number of nitrogens with one attached hydrogen (secondary N) is 8. The number of aliphatic imine (C=N–C) groups is 2. The fraction of sp³-hybridized carbons (Fsp3) is 0.690. The average Bonchev–Trinajstić information content (AvgIpc) is 3.83. The monoisotopic (exact) mass is 1040 g/mol. The van der Waals surface area contributed by atoms with E-state index in [1.165, 1.54) is 12.5 Å². The summed E-state index contributed by atoms with van der Waals surface area (Å²) < 4.78 is 0. The Morgan fingerprint density at radius 3 is 1.42 bits per heavy atom. The minimum absolute atomic E-state index is 0.0306. The molecule has 29 heteroatoms. The Kier molecular flexibility index (Phi) is 31.3. The molecule has 402 valence electrons. The molecule has 8 atom stereocenters. The smallest absolute Gasteiger partial charge is 0.326 e. The number of guanidine groups is 2. The molecule has 0 saturated heterocycles. The highest BCUT2D eigenvalue weighted by molar-refractivity contribution is 7.80. The minimum Gasteiger partial charge on any atom is -0.480 e. The van der Waals surface area contributed by atoms with Gasteiger partial charge in [-0.15, -0.1) is 0 Å². The van der Waals surface area contributed by atoms with E-state index in [0.717, 1.165) is 0 Å². The molecule has 0 aliphatic carbocycles. The molecule has 1 aromatic rings. The van der Waals surface area contributed by atoms with Crippen molar-refractivity contribution in [3.63, 3.8) is 0 Å². The van der Waals surface area contributed by atoms with Crippen molar-refractivity contribution < 1.29 is 43.5 Å². The highest BCUT2D eigenvalue weighted by Gasteiger charge is 2.34. The molecular formula is C42H78N18O9S2. The number of rotatable bonds is 37. The van der Waals surface area contributed by atoms with E-state index in [-0.39, 0.29) is 93.9 Å². The summed E-state index contributed by atoms with van der Waals surface area (Å²) >= 11 is 8.44. The normalized spacial score (nSPS) is 14.4. The van der Waals surface area contributed by atoms with Gasteiger partial charge >= 0.3 is 5.97 Å². The lowest BCUT2D eigenvalue weighted by Crippen LogP contribution is -2.60. The molecule has 0 fully saturated rings. The van der Waals surface area contributed by atoms with Crippen LogP contribution in [0.2, 0.25) is 0 Å². The van der Waals surface area contributed by atoms with Gasteiger partial charge in [0.1, 0.15) is 42.3 Å². The Hall–Kier alpha value is -5.91. The van der Waals surface area contributed by atoms with Crippen LogP contribution in [0.3, 0.4) is 0 Å². The van der Waals surface area contributed by atoms with E-state index in [9.17, 15) is 43.5 Å². The summed E-state index contributed by atoms with van der Waals surface area (Å²) in [5, 5.41) is 28.0. The van der Waals surface area contributed by atoms with Crippen LogP contribution in [0.15, 0.2) is 22.5 Å². The van der Waals surface area contributed by atoms with Crippen molar-refractivity contribution >= 4 is 84.5 Å². The zero-order valence-electron chi connectivity index (χ0n) is 40.6. The third-order valence-electron chi connectivity index (χ3n) is 10.6. The maximum Gasteiger partial charge on any atom is 0.326 e. The van der Waals surface area contributed by atoms with Crippen molar-refractivity contribution in [2.45, 2.75) is 139 Å². The fourth-order valence-electron chi connectivity index (χ4n) is 6.76. The van der Waals surface area contributed by atoms with Crippen LogP contribution in [0.25, 0.3) is 0 Å². The molecule has 0 radical (unpaired) electrons. The van der Waals surface area contributed by atoms with Crippen LogP contribution in [0, 0.1) is 5.92 Å². The molecule has 23 N–H and O–H groups in total. The third kappa shape index (κ3) is 26.2. The number of aliphatic carboxylic acids is 1. The van der Waals surface area contributed by atoms with E-state index >= 15 is 0 Å². The molecular weight excluding hydrogens is 965 g/mol.